The highest BCUT2D eigenvalue weighted by Crippen LogP contribution is 2.25. The molecule has 1 aromatic carbocycles. The van der Waals surface area contributed by atoms with Crippen molar-refractivity contribution >= 4 is 21.6 Å². The van der Waals surface area contributed by atoms with E-state index in [1.807, 2.05) is 18.5 Å². The van der Waals surface area contributed by atoms with Gasteiger partial charge in [0.25, 0.3) is 0 Å². The van der Waals surface area contributed by atoms with E-state index in [2.05, 4.69) is 26.3 Å². The van der Waals surface area contributed by atoms with E-state index < -0.39 is 11.6 Å². The second kappa shape index (κ2) is 6.35. The van der Waals surface area contributed by atoms with E-state index in [0.29, 0.717) is 13.1 Å². The minimum Gasteiger partial charge on any atom is -0.375 e. The van der Waals surface area contributed by atoms with Gasteiger partial charge in [-0.2, -0.15) is 5.10 Å². The summed E-state index contributed by atoms with van der Waals surface area (Å²) in [7, 11) is 0. The van der Waals surface area contributed by atoms with E-state index in [1.54, 1.807) is 0 Å². The zero-order valence-electron chi connectivity index (χ0n) is 11.4. The molecular formula is C14H16BrF2N3. The first-order valence-electron chi connectivity index (χ1n) is 6.50. The molecule has 0 spiro atoms. The summed E-state index contributed by atoms with van der Waals surface area (Å²) in [6.45, 7) is 5.00. The Kier molecular flexibility index (Phi) is 4.75. The van der Waals surface area contributed by atoms with Crippen molar-refractivity contribution in [1.29, 1.82) is 0 Å². The van der Waals surface area contributed by atoms with Crippen LogP contribution in [0.5, 0.6) is 0 Å². The van der Waals surface area contributed by atoms with Crippen molar-refractivity contribution in [1.82, 2.24) is 9.78 Å². The molecule has 6 heteroatoms. The van der Waals surface area contributed by atoms with Crippen LogP contribution in [0.4, 0.5) is 14.5 Å². The summed E-state index contributed by atoms with van der Waals surface area (Å²) in [5.41, 5.74) is 1.71. The third-order valence-corrected chi connectivity index (χ3v) is 4.00. The molecule has 1 heterocycles. The van der Waals surface area contributed by atoms with Gasteiger partial charge in [0.05, 0.1) is 22.4 Å². The smallest absolute Gasteiger partial charge is 0.149 e. The summed E-state index contributed by atoms with van der Waals surface area (Å²) in [5, 5.41) is 7.26. The van der Waals surface area contributed by atoms with Crippen LogP contribution in [-0.4, -0.2) is 9.78 Å². The van der Waals surface area contributed by atoms with Crippen molar-refractivity contribution in [3.05, 3.63) is 45.7 Å². The number of rotatable bonds is 5. The predicted molar refractivity (Wildman–Crippen MR) is 78.7 cm³/mol. The number of anilines is 1. The van der Waals surface area contributed by atoms with Crippen LogP contribution < -0.4 is 5.32 Å². The van der Waals surface area contributed by atoms with Gasteiger partial charge in [0, 0.05) is 6.54 Å². The standard InChI is InChI=1S/C14H16BrF2N3/c1-3-11-13(15)12(20(4-2)19-11)8-18-14-9(16)6-5-7-10(14)17/h5-7,18H,3-4,8H2,1-2H3. The summed E-state index contributed by atoms with van der Waals surface area (Å²) >= 11 is 3.50. The number of nitrogens with one attached hydrogen (secondary N) is 1. The van der Waals surface area contributed by atoms with Crippen LogP contribution in [0, 0.1) is 11.6 Å². The normalized spacial score (nSPS) is 10.8. The van der Waals surface area contributed by atoms with E-state index in [1.165, 1.54) is 18.2 Å². The van der Waals surface area contributed by atoms with Gasteiger partial charge in [-0.15, -0.1) is 0 Å². The number of aryl methyl sites for hydroxylation is 2. The first-order valence-corrected chi connectivity index (χ1v) is 7.29. The van der Waals surface area contributed by atoms with Crippen molar-refractivity contribution in [3.63, 3.8) is 0 Å². The Morgan fingerprint density at radius 2 is 1.90 bits per heavy atom. The van der Waals surface area contributed by atoms with E-state index in [9.17, 15) is 8.78 Å². The number of benzene rings is 1. The Labute approximate surface area is 125 Å². The summed E-state index contributed by atoms with van der Waals surface area (Å²) in [5.74, 6) is -1.20. The zero-order chi connectivity index (χ0) is 14.7. The van der Waals surface area contributed by atoms with Crippen LogP contribution in [0.3, 0.4) is 0 Å². The molecule has 1 N–H and O–H groups in total. The van der Waals surface area contributed by atoms with E-state index in [0.717, 1.165) is 22.3 Å². The maximum atomic E-state index is 13.6. The summed E-state index contributed by atoms with van der Waals surface area (Å²) in [6, 6.07) is 3.81. The van der Waals surface area contributed by atoms with Gasteiger partial charge >= 0.3 is 0 Å². The van der Waals surface area contributed by atoms with Crippen LogP contribution in [-0.2, 0) is 19.5 Å². The lowest BCUT2D eigenvalue weighted by Gasteiger charge is -2.10. The molecule has 108 valence electrons. The highest BCUT2D eigenvalue weighted by Gasteiger charge is 2.15. The van der Waals surface area contributed by atoms with Gasteiger partial charge in [-0.1, -0.05) is 13.0 Å². The Hall–Kier alpha value is -1.43. The lowest BCUT2D eigenvalue weighted by molar-refractivity contribution is 0.584. The van der Waals surface area contributed by atoms with Gasteiger partial charge in [-0.3, -0.25) is 4.68 Å². The van der Waals surface area contributed by atoms with E-state index >= 15 is 0 Å². The van der Waals surface area contributed by atoms with Gasteiger partial charge in [0.2, 0.25) is 0 Å². The molecule has 0 aliphatic heterocycles. The third-order valence-electron chi connectivity index (χ3n) is 3.09. The van der Waals surface area contributed by atoms with Gasteiger partial charge in [-0.25, -0.2) is 8.78 Å². The third kappa shape index (κ3) is 2.85. The topological polar surface area (TPSA) is 29.9 Å². The van der Waals surface area contributed by atoms with Crippen LogP contribution in [0.1, 0.15) is 25.2 Å². The van der Waals surface area contributed by atoms with Crippen LogP contribution >= 0.6 is 15.9 Å². The summed E-state index contributed by atoms with van der Waals surface area (Å²) in [6.07, 6.45) is 0.800. The summed E-state index contributed by atoms with van der Waals surface area (Å²) < 4.78 is 29.9. The molecule has 0 atom stereocenters. The van der Waals surface area contributed by atoms with Crippen molar-refractivity contribution < 1.29 is 8.78 Å². The minimum atomic E-state index is -0.598. The van der Waals surface area contributed by atoms with E-state index in [-0.39, 0.29) is 5.69 Å². The van der Waals surface area contributed by atoms with Crippen LogP contribution in [0.2, 0.25) is 0 Å². The molecule has 0 saturated carbocycles. The number of para-hydroxylation sites is 1. The average Bonchev–Trinajstić information content (AvgIpc) is 2.74. The Morgan fingerprint density at radius 1 is 1.25 bits per heavy atom. The van der Waals surface area contributed by atoms with Crippen LogP contribution in [0.15, 0.2) is 22.7 Å². The largest absolute Gasteiger partial charge is 0.375 e. The SMILES string of the molecule is CCc1nn(CC)c(CNc2c(F)cccc2F)c1Br. The van der Waals surface area contributed by atoms with E-state index in [4.69, 9.17) is 0 Å². The van der Waals surface area contributed by atoms with Crippen molar-refractivity contribution in [2.45, 2.75) is 33.4 Å². The number of halogens is 3. The first-order chi connectivity index (χ1) is 9.58. The van der Waals surface area contributed by atoms with Gasteiger partial charge in [0.15, 0.2) is 0 Å². The lowest BCUT2D eigenvalue weighted by Crippen LogP contribution is -2.10. The molecule has 0 radical (unpaired) electrons. The Morgan fingerprint density at radius 3 is 2.45 bits per heavy atom. The molecule has 1 aromatic heterocycles. The molecule has 3 nitrogen and oxygen atoms in total. The Balaban J connectivity index is 2.25. The molecule has 0 aliphatic rings. The van der Waals surface area contributed by atoms with Crippen molar-refractivity contribution in [2.75, 3.05) is 5.32 Å². The van der Waals surface area contributed by atoms with Crippen LogP contribution in [0.25, 0.3) is 0 Å². The number of aromatic nitrogens is 2. The fourth-order valence-corrected chi connectivity index (χ4v) is 2.73. The predicted octanol–water partition coefficient (Wildman–Crippen LogP) is 4.12. The maximum absolute atomic E-state index is 13.6. The molecule has 2 aromatic rings. The number of hydrogen-bond acceptors (Lipinski definition) is 2. The molecule has 2 rings (SSSR count). The highest BCUT2D eigenvalue weighted by molar-refractivity contribution is 9.10. The van der Waals surface area contributed by atoms with Gasteiger partial charge in [-0.05, 0) is 41.4 Å². The van der Waals surface area contributed by atoms with Gasteiger partial charge < -0.3 is 5.32 Å². The molecule has 0 saturated heterocycles. The second-order valence-corrected chi connectivity index (χ2v) is 5.12. The van der Waals surface area contributed by atoms with Gasteiger partial charge in [0.1, 0.15) is 17.3 Å². The van der Waals surface area contributed by atoms with Crippen molar-refractivity contribution in [3.8, 4) is 0 Å². The highest BCUT2D eigenvalue weighted by atomic mass is 79.9. The minimum absolute atomic E-state index is 0.110. The first kappa shape index (κ1) is 15.0. The Bertz CT molecular complexity index is 590. The quantitative estimate of drug-likeness (QED) is 0.884. The zero-order valence-corrected chi connectivity index (χ0v) is 13.0. The number of nitrogens with zero attached hydrogens (tertiary/aromatic N) is 2. The fraction of sp³-hybridized carbons (Fsp3) is 0.357. The lowest BCUT2D eigenvalue weighted by atomic mass is 10.2. The molecule has 0 fully saturated rings. The fourth-order valence-electron chi connectivity index (χ4n) is 2.02. The average molecular weight is 344 g/mol. The monoisotopic (exact) mass is 343 g/mol. The maximum Gasteiger partial charge on any atom is 0.149 e. The molecule has 0 amide bonds. The molecule has 20 heavy (non-hydrogen) atoms. The summed E-state index contributed by atoms with van der Waals surface area (Å²) in [4.78, 5) is 0. The molecule has 0 aliphatic carbocycles. The molecule has 0 bridgehead atoms. The number of hydrogen-bond donors (Lipinski definition) is 1. The second-order valence-electron chi connectivity index (χ2n) is 4.33. The molecular weight excluding hydrogens is 328 g/mol. The van der Waals surface area contributed by atoms with Crippen molar-refractivity contribution in [2.24, 2.45) is 0 Å². The molecule has 0 unspecified atom stereocenters.